The molecule has 37 heavy (non-hydrogen) atoms. The van der Waals surface area contributed by atoms with Crippen molar-refractivity contribution in [3.05, 3.63) is 59.0 Å². The second-order valence-corrected chi connectivity index (χ2v) is 9.43. The lowest BCUT2D eigenvalue weighted by atomic mass is 10.0. The Balaban J connectivity index is 1.11. The number of nitrogens with zero attached hydrogens (tertiary/aromatic N) is 5. The molecule has 3 aromatic heterocycles. The van der Waals surface area contributed by atoms with Crippen molar-refractivity contribution in [3.8, 4) is 11.6 Å². The van der Waals surface area contributed by atoms with Crippen LogP contribution in [0.1, 0.15) is 12.8 Å². The number of hydrogen-bond donors (Lipinski definition) is 1. The van der Waals surface area contributed by atoms with Crippen molar-refractivity contribution in [1.82, 2.24) is 19.4 Å². The van der Waals surface area contributed by atoms with Crippen LogP contribution in [-0.4, -0.2) is 71.0 Å². The highest BCUT2D eigenvalue weighted by Gasteiger charge is 2.46. The number of aromatic nitrogens is 3. The Morgan fingerprint density at radius 2 is 2.00 bits per heavy atom. The number of likely N-dealkylation sites (tertiary alicyclic amines) is 1. The molecule has 0 aliphatic carbocycles. The van der Waals surface area contributed by atoms with Crippen molar-refractivity contribution in [1.29, 1.82) is 0 Å². The zero-order chi connectivity index (χ0) is 25.5. The van der Waals surface area contributed by atoms with Gasteiger partial charge in [0.25, 0.3) is 5.56 Å². The Morgan fingerprint density at radius 1 is 1.14 bits per heavy atom. The number of pyridine rings is 3. The molecule has 0 aromatic carbocycles. The minimum atomic E-state index is -0.387. The lowest BCUT2D eigenvalue weighted by Crippen LogP contribution is -2.49. The number of methoxy groups -OCH3 is 1. The molecule has 1 N–H and O–H groups in total. The molecule has 2 fully saturated rings. The molecule has 3 aliphatic heterocycles. The van der Waals surface area contributed by atoms with Crippen molar-refractivity contribution in [2.24, 2.45) is 0 Å². The van der Waals surface area contributed by atoms with E-state index in [0.717, 1.165) is 31.3 Å². The van der Waals surface area contributed by atoms with Gasteiger partial charge in [-0.05, 0) is 43.7 Å². The fourth-order valence-corrected chi connectivity index (χ4v) is 5.24. The van der Waals surface area contributed by atoms with Gasteiger partial charge in [0.2, 0.25) is 5.88 Å². The fourth-order valence-electron chi connectivity index (χ4n) is 5.24. The van der Waals surface area contributed by atoms with Crippen molar-refractivity contribution >= 4 is 28.8 Å². The van der Waals surface area contributed by atoms with E-state index in [1.807, 2.05) is 12.1 Å². The second-order valence-electron chi connectivity index (χ2n) is 9.43. The molecule has 6 heterocycles. The van der Waals surface area contributed by atoms with Gasteiger partial charge < -0.3 is 19.5 Å². The van der Waals surface area contributed by atoms with Crippen LogP contribution in [0.25, 0.3) is 11.0 Å². The van der Waals surface area contributed by atoms with Gasteiger partial charge in [0, 0.05) is 42.9 Å². The van der Waals surface area contributed by atoms with Gasteiger partial charge in [-0.1, -0.05) is 6.58 Å². The van der Waals surface area contributed by atoms with Crippen LogP contribution in [0.2, 0.25) is 0 Å². The number of piperidine rings is 1. The molecule has 0 spiro atoms. The molecule has 0 bridgehead atoms. The van der Waals surface area contributed by atoms with Crippen molar-refractivity contribution in [3.63, 3.8) is 0 Å². The third-order valence-corrected chi connectivity index (χ3v) is 7.05. The Labute approximate surface area is 213 Å². The Hall–Kier alpha value is -4.12. The summed E-state index contributed by atoms with van der Waals surface area (Å²) in [6.07, 6.45) is 0.889. The molecular formula is C26H28N6O5. The van der Waals surface area contributed by atoms with Crippen LogP contribution in [-0.2, 0) is 11.3 Å². The number of ether oxygens (including phenoxy) is 3. The maximum Gasteiger partial charge on any atom is 0.416 e. The molecule has 11 nitrogen and oxygen atoms in total. The molecule has 0 radical (unpaired) electrons. The van der Waals surface area contributed by atoms with Crippen LogP contribution in [0.4, 0.5) is 16.4 Å². The molecule has 1 amide bonds. The molecule has 2 atom stereocenters. The molecular weight excluding hydrogens is 476 g/mol. The molecule has 0 unspecified atom stereocenters. The van der Waals surface area contributed by atoms with E-state index in [1.165, 1.54) is 0 Å². The van der Waals surface area contributed by atoms with E-state index < -0.39 is 0 Å². The predicted molar refractivity (Wildman–Crippen MR) is 137 cm³/mol. The smallest absolute Gasteiger partial charge is 0.416 e. The van der Waals surface area contributed by atoms with Gasteiger partial charge in [-0.15, -0.1) is 0 Å². The number of amides is 1. The van der Waals surface area contributed by atoms with Crippen LogP contribution in [0, 0.1) is 0 Å². The Kier molecular flexibility index (Phi) is 5.91. The first kappa shape index (κ1) is 23.3. The topological polar surface area (TPSA) is 111 Å². The van der Waals surface area contributed by atoms with Gasteiger partial charge in [-0.3, -0.25) is 19.2 Å². The lowest BCUT2D eigenvalue weighted by Gasteiger charge is -2.35. The van der Waals surface area contributed by atoms with Crippen LogP contribution < -0.4 is 25.2 Å². The fraction of sp³-hybridized carbons (Fsp3) is 0.385. The van der Waals surface area contributed by atoms with Crippen LogP contribution in [0.3, 0.4) is 0 Å². The van der Waals surface area contributed by atoms with Gasteiger partial charge in [-0.2, -0.15) is 4.98 Å². The van der Waals surface area contributed by atoms with Gasteiger partial charge in [0.05, 0.1) is 13.2 Å². The average molecular weight is 505 g/mol. The standard InChI is InChI=1S/C26H28N6O5/c1-16-15-36-19-6-7-21(28-24(19)27-16)32-18-10-13-30(14-20(18)37-26(32)34)11-3-12-31-23(33)9-5-17-4-8-22(35-2)29-25(17)31/h4-9,18,20H,1,3,10-15H2,2H3,(H,27,28)/t18-,20-/m1/s1. The summed E-state index contributed by atoms with van der Waals surface area (Å²) in [5.74, 6) is 2.20. The van der Waals surface area contributed by atoms with Crippen molar-refractivity contribution in [2.45, 2.75) is 31.5 Å². The summed E-state index contributed by atoms with van der Waals surface area (Å²) in [5.41, 5.74) is 1.24. The third-order valence-electron chi connectivity index (χ3n) is 7.05. The normalized spacial score (nSPS) is 21.2. The SMILES string of the molecule is C=C1COc2ccc(N3C(=O)O[C@@H]4CN(CCCn5c(=O)ccc6ccc(OC)nc65)CC[C@H]43)nc2N1. The number of fused-ring (bicyclic) bond motifs is 3. The number of carbonyl (C=O) groups is 1. The number of rotatable bonds is 6. The minimum absolute atomic E-state index is 0.0839. The number of carbonyl (C=O) groups excluding carboxylic acids is 1. The highest BCUT2D eigenvalue weighted by Crippen LogP contribution is 2.35. The number of aryl methyl sites for hydroxylation is 1. The van der Waals surface area contributed by atoms with Gasteiger partial charge in [0.1, 0.15) is 24.2 Å². The van der Waals surface area contributed by atoms with Crippen LogP contribution in [0.15, 0.2) is 53.5 Å². The minimum Gasteiger partial charge on any atom is -0.484 e. The van der Waals surface area contributed by atoms with Gasteiger partial charge in [-0.25, -0.2) is 9.78 Å². The Morgan fingerprint density at radius 3 is 2.86 bits per heavy atom. The van der Waals surface area contributed by atoms with E-state index in [4.69, 9.17) is 14.2 Å². The van der Waals surface area contributed by atoms with E-state index in [1.54, 1.807) is 40.8 Å². The van der Waals surface area contributed by atoms with Crippen molar-refractivity contribution in [2.75, 3.05) is 43.6 Å². The van der Waals surface area contributed by atoms with Crippen LogP contribution >= 0.6 is 0 Å². The van der Waals surface area contributed by atoms with E-state index in [-0.39, 0.29) is 23.8 Å². The van der Waals surface area contributed by atoms with E-state index in [2.05, 4.69) is 26.8 Å². The molecule has 6 rings (SSSR count). The quantitative estimate of drug-likeness (QED) is 0.541. The number of hydrogen-bond acceptors (Lipinski definition) is 9. The van der Waals surface area contributed by atoms with E-state index in [9.17, 15) is 9.59 Å². The maximum absolute atomic E-state index is 12.8. The Bertz CT molecular complexity index is 1440. The molecule has 3 aliphatic rings. The second kappa shape index (κ2) is 9.40. The van der Waals surface area contributed by atoms with Gasteiger partial charge in [0.15, 0.2) is 11.6 Å². The number of anilines is 2. The highest BCUT2D eigenvalue weighted by atomic mass is 16.6. The third kappa shape index (κ3) is 4.35. The molecule has 192 valence electrons. The molecule has 0 saturated carbocycles. The van der Waals surface area contributed by atoms with Crippen molar-refractivity contribution < 1.29 is 19.0 Å². The summed E-state index contributed by atoms with van der Waals surface area (Å²) in [4.78, 5) is 38.4. The summed E-state index contributed by atoms with van der Waals surface area (Å²) < 4.78 is 18.3. The highest BCUT2D eigenvalue weighted by molar-refractivity contribution is 5.90. The maximum atomic E-state index is 12.8. The predicted octanol–water partition coefficient (Wildman–Crippen LogP) is 2.61. The molecule has 3 aromatic rings. The summed E-state index contributed by atoms with van der Waals surface area (Å²) in [7, 11) is 1.56. The summed E-state index contributed by atoms with van der Waals surface area (Å²) in [6.45, 7) is 7.03. The summed E-state index contributed by atoms with van der Waals surface area (Å²) in [6, 6.07) is 10.6. The monoisotopic (exact) mass is 504 g/mol. The lowest BCUT2D eigenvalue weighted by molar-refractivity contribution is 0.0696. The average Bonchev–Trinajstić information content (AvgIpc) is 3.24. The summed E-state index contributed by atoms with van der Waals surface area (Å²) >= 11 is 0. The zero-order valence-electron chi connectivity index (χ0n) is 20.6. The number of nitrogens with one attached hydrogen (secondary N) is 1. The van der Waals surface area contributed by atoms with E-state index >= 15 is 0 Å². The van der Waals surface area contributed by atoms with Crippen LogP contribution in [0.5, 0.6) is 11.6 Å². The first-order valence-electron chi connectivity index (χ1n) is 12.4. The first-order chi connectivity index (χ1) is 18.0. The van der Waals surface area contributed by atoms with Gasteiger partial charge >= 0.3 is 6.09 Å². The summed E-state index contributed by atoms with van der Waals surface area (Å²) in [5, 5.41) is 4.01. The first-order valence-corrected chi connectivity index (χ1v) is 12.4. The zero-order valence-corrected chi connectivity index (χ0v) is 20.6. The van der Waals surface area contributed by atoms with E-state index in [0.29, 0.717) is 54.3 Å². The largest absolute Gasteiger partial charge is 0.484 e. The molecule has 11 heteroatoms. The molecule has 2 saturated heterocycles.